The molecule has 0 spiro atoms. The molecule has 0 radical (unpaired) electrons. The van der Waals surface area contributed by atoms with Gasteiger partial charge in [-0.3, -0.25) is 14.6 Å². The molecule has 4 aromatic rings. The molecule has 4 heterocycles. The number of furan rings is 1. The van der Waals surface area contributed by atoms with Gasteiger partial charge in [-0.05, 0) is 48.9 Å². The van der Waals surface area contributed by atoms with Crippen LogP contribution in [0.5, 0.6) is 5.75 Å². The third kappa shape index (κ3) is 4.03. The number of pyridine rings is 1. The number of ether oxygens (including phenoxy) is 2. The molecule has 11 nitrogen and oxygen atoms in total. The molecule has 2 aromatic carbocycles. The first-order chi connectivity index (χ1) is 19.3. The molecule has 1 atom stereocenters. The molecule has 11 heteroatoms. The number of nitrogens with zero attached hydrogens (tertiary/aromatic N) is 3. The molecule has 0 unspecified atom stereocenters. The van der Waals surface area contributed by atoms with Crippen LogP contribution in [0.2, 0.25) is 0 Å². The maximum atomic E-state index is 14.0. The number of aryl methyl sites for hydroxylation is 1. The topological polar surface area (TPSA) is 131 Å². The van der Waals surface area contributed by atoms with Gasteiger partial charge in [-0.1, -0.05) is 24.3 Å². The van der Waals surface area contributed by atoms with Crippen LogP contribution in [0.25, 0.3) is 11.0 Å². The van der Waals surface area contributed by atoms with Gasteiger partial charge in [-0.25, -0.2) is 14.5 Å². The number of carbonyl (C=O) groups is 4. The molecule has 0 bridgehead atoms. The van der Waals surface area contributed by atoms with E-state index >= 15 is 0 Å². The Morgan fingerprint density at radius 2 is 1.90 bits per heavy atom. The summed E-state index contributed by atoms with van der Waals surface area (Å²) in [4.78, 5) is 59.7. The number of nitrogens with one attached hydrogen (secondary N) is 1. The molecular weight excluding hydrogens is 516 g/mol. The smallest absolute Gasteiger partial charge is 0.339 e. The average molecular weight is 541 g/mol. The van der Waals surface area contributed by atoms with Crippen molar-refractivity contribution in [3.63, 3.8) is 0 Å². The highest BCUT2D eigenvalue weighted by Crippen LogP contribution is 2.37. The van der Waals surface area contributed by atoms with Crippen LogP contribution in [0.4, 0.5) is 4.79 Å². The molecular formula is C29H24N4O7. The summed E-state index contributed by atoms with van der Waals surface area (Å²) in [6, 6.07) is 15.9. The number of amides is 4. The Morgan fingerprint density at radius 3 is 2.65 bits per heavy atom. The summed E-state index contributed by atoms with van der Waals surface area (Å²) >= 11 is 0. The van der Waals surface area contributed by atoms with E-state index in [0.717, 1.165) is 10.5 Å². The summed E-state index contributed by atoms with van der Waals surface area (Å²) in [5, 5.41) is 3.40. The number of rotatable bonds is 7. The zero-order valence-electron chi connectivity index (χ0n) is 21.7. The fraction of sp³-hybridized carbons (Fsp3) is 0.207. The van der Waals surface area contributed by atoms with Gasteiger partial charge in [-0.15, -0.1) is 0 Å². The summed E-state index contributed by atoms with van der Waals surface area (Å²) in [5.41, 5.74) is 0.852. The lowest BCUT2D eigenvalue weighted by Gasteiger charge is -2.29. The summed E-state index contributed by atoms with van der Waals surface area (Å²) in [5.74, 6) is -1.07. The maximum Gasteiger partial charge on any atom is 0.339 e. The van der Waals surface area contributed by atoms with E-state index in [4.69, 9.17) is 13.9 Å². The van der Waals surface area contributed by atoms with Crippen molar-refractivity contribution >= 4 is 34.8 Å². The second-order valence-corrected chi connectivity index (χ2v) is 9.60. The normalized spacial score (nSPS) is 18.3. The average Bonchev–Trinajstić information content (AvgIpc) is 3.61. The van der Waals surface area contributed by atoms with E-state index in [2.05, 4.69) is 10.3 Å². The summed E-state index contributed by atoms with van der Waals surface area (Å²) < 4.78 is 16.6. The Labute approximate surface area is 228 Å². The minimum Gasteiger partial charge on any atom is -0.497 e. The Hall–Kier alpha value is -5.19. The summed E-state index contributed by atoms with van der Waals surface area (Å²) in [6.45, 7) is 1.18. The van der Waals surface area contributed by atoms with E-state index in [-0.39, 0.29) is 30.3 Å². The molecule has 2 aliphatic rings. The lowest BCUT2D eigenvalue weighted by molar-refractivity contribution is -0.135. The minimum absolute atomic E-state index is 0.134. The Bertz CT molecular complexity index is 1680. The molecule has 1 fully saturated rings. The van der Waals surface area contributed by atoms with Crippen LogP contribution in [0.1, 0.15) is 37.7 Å². The van der Waals surface area contributed by atoms with Gasteiger partial charge in [0.05, 0.1) is 19.2 Å². The van der Waals surface area contributed by atoms with Gasteiger partial charge in [0, 0.05) is 29.4 Å². The van der Waals surface area contributed by atoms with Crippen molar-refractivity contribution in [2.24, 2.45) is 0 Å². The number of urea groups is 1. The van der Waals surface area contributed by atoms with Crippen LogP contribution >= 0.6 is 0 Å². The van der Waals surface area contributed by atoms with Crippen LogP contribution in [0.3, 0.4) is 0 Å². The lowest BCUT2D eigenvalue weighted by atomic mass is 9.94. The van der Waals surface area contributed by atoms with E-state index in [9.17, 15) is 19.2 Å². The SMILES string of the molecule is COc1ccc2c(c1)C(=O)N(C[C@@]1(c3cc4c(C)nccc4o3)NC(=O)N(COC(=O)c3ccccc3)C1=O)C2. The summed E-state index contributed by atoms with van der Waals surface area (Å²) in [7, 11) is 1.51. The highest BCUT2D eigenvalue weighted by molar-refractivity contribution is 6.08. The summed E-state index contributed by atoms with van der Waals surface area (Å²) in [6.07, 6.45) is 1.58. The molecule has 2 aromatic heterocycles. The molecule has 0 aliphatic carbocycles. The number of hydrogen-bond donors (Lipinski definition) is 1. The standard InChI is InChI=1S/C29H24N4O7/c1-17-21-13-24(40-23(21)10-11-30-17)29(15-32-14-19-8-9-20(38-2)12-22(19)25(32)34)27(36)33(28(37)31-29)16-39-26(35)18-6-4-3-5-7-18/h3-13H,14-16H2,1-2H3,(H,31,37)/t29-/m0/s1. The Balaban J connectivity index is 1.35. The van der Waals surface area contributed by atoms with E-state index in [1.54, 1.807) is 73.8 Å². The molecule has 1 N–H and O–H groups in total. The highest BCUT2D eigenvalue weighted by atomic mass is 16.5. The first kappa shape index (κ1) is 25.1. The molecule has 1 saturated heterocycles. The Morgan fingerprint density at radius 1 is 1.10 bits per heavy atom. The molecule has 2 aliphatic heterocycles. The minimum atomic E-state index is -1.77. The number of benzene rings is 2. The number of esters is 1. The van der Waals surface area contributed by atoms with Gasteiger partial charge >= 0.3 is 12.0 Å². The number of hydrogen-bond acceptors (Lipinski definition) is 8. The van der Waals surface area contributed by atoms with Gasteiger partial charge in [0.2, 0.25) is 0 Å². The third-order valence-corrected chi connectivity index (χ3v) is 7.20. The number of carbonyl (C=O) groups excluding carboxylic acids is 4. The van der Waals surface area contributed by atoms with Crippen LogP contribution in [0.15, 0.2) is 71.3 Å². The number of methoxy groups -OCH3 is 1. The van der Waals surface area contributed by atoms with Crippen molar-refractivity contribution < 1.29 is 33.1 Å². The van der Waals surface area contributed by atoms with E-state index < -0.39 is 30.2 Å². The van der Waals surface area contributed by atoms with Gasteiger partial charge in [0.15, 0.2) is 12.3 Å². The van der Waals surface area contributed by atoms with Gasteiger partial charge in [0.1, 0.15) is 17.1 Å². The zero-order chi connectivity index (χ0) is 28.0. The first-order valence-corrected chi connectivity index (χ1v) is 12.5. The van der Waals surface area contributed by atoms with Crippen molar-refractivity contribution in [2.75, 3.05) is 20.4 Å². The predicted octanol–water partition coefficient (Wildman–Crippen LogP) is 3.36. The number of fused-ring (bicyclic) bond motifs is 2. The molecule has 202 valence electrons. The van der Waals surface area contributed by atoms with Crippen LogP contribution in [-0.2, 0) is 21.6 Å². The number of imide groups is 1. The van der Waals surface area contributed by atoms with Crippen molar-refractivity contribution in [2.45, 2.75) is 19.0 Å². The highest BCUT2D eigenvalue weighted by Gasteiger charge is 2.57. The Kier molecular flexibility index (Phi) is 5.98. The third-order valence-electron chi connectivity index (χ3n) is 7.20. The van der Waals surface area contributed by atoms with Crippen LogP contribution in [0, 0.1) is 6.92 Å². The van der Waals surface area contributed by atoms with Crippen LogP contribution in [-0.4, -0.2) is 59.0 Å². The quantitative estimate of drug-likeness (QED) is 0.279. The van der Waals surface area contributed by atoms with E-state index in [1.807, 2.05) is 0 Å². The maximum absolute atomic E-state index is 14.0. The molecule has 6 rings (SSSR count). The number of aromatic nitrogens is 1. The van der Waals surface area contributed by atoms with Gasteiger partial charge in [0.25, 0.3) is 11.8 Å². The van der Waals surface area contributed by atoms with Crippen molar-refractivity contribution in [3.8, 4) is 5.75 Å². The van der Waals surface area contributed by atoms with Crippen molar-refractivity contribution in [1.29, 1.82) is 0 Å². The van der Waals surface area contributed by atoms with E-state index in [1.165, 1.54) is 12.0 Å². The van der Waals surface area contributed by atoms with Gasteiger partial charge < -0.3 is 24.1 Å². The fourth-order valence-electron chi connectivity index (χ4n) is 5.07. The predicted molar refractivity (Wildman–Crippen MR) is 140 cm³/mol. The van der Waals surface area contributed by atoms with Crippen molar-refractivity contribution in [3.05, 3.63) is 95.0 Å². The van der Waals surface area contributed by atoms with Gasteiger partial charge in [-0.2, -0.15) is 0 Å². The fourth-order valence-corrected chi connectivity index (χ4v) is 5.07. The van der Waals surface area contributed by atoms with E-state index in [0.29, 0.717) is 28.0 Å². The molecule has 4 amide bonds. The second kappa shape index (κ2) is 9.53. The largest absolute Gasteiger partial charge is 0.497 e. The molecule has 0 saturated carbocycles. The zero-order valence-corrected chi connectivity index (χ0v) is 21.7. The monoisotopic (exact) mass is 540 g/mol. The van der Waals surface area contributed by atoms with Crippen molar-refractivity contribution in [1.82, 2.24) is 20.1 Å². The first-order valence-electron chi connectivity index (χ1n) is 12.5. The van der Waals surface area contributed by atoms with Crippen LogP contribution < -0.4 is 10.1 Å². The molecule has 40 heavy (non-hydrogen) atoms. The lowest BCUT2D eigenvalue weighted by Crippen LogP contribution is -2.52. The second-order valence-electron chi connectivity index (χ2n) is 9.60.